The summed E-state index contributed by atoms with van der Waals surface area (Å²) in [5.41, 5.74) is 1.56. The molecule has 1 saturated carbocycles. The molecule has 7 heteroatoms. The molecule has 1 aliphatic rings. The average Bonchev–Trinajstić information content (AvgIpc) is 3.35. The quantitative estimate of drug-likeness (QED) is 0.764. The van der Waals surface area contributed by atoms with E-state index in [4.69, 9.17) is 4.74 Å². The molecule has 0 N–H and O–H groups in total. The summed E-state index contributed by atoms with van der Waals surface area (Å²) < 4.78 is 20.8. The number of hydrogen-bond acceptors (Lipinski definition) is 4. The Morgan fingerprint density at radius 2 is 2.12 bits per heavy atom. The average molecular weight is 360 g/mol. The third-order valence-corrected chi connectivity index (χ3v) is 4.68. The molecule has 2 heterocycles. The number of anilines is 1. The van der Waals surface area contributed by atoms with Crippen LogP contribution in [0.15, 0.2) is 24.7 Å². The predicted molar refractivity (Wildman–Crippen MR) is 97.2 cm³/mol. The Hall–Kier alpha value is -2.44. The number of nitrogens with zero attached hydrogens (tertiary/aromatic N) is 4. The van der Waals surface area contributed by atoms with Crippen molar-refractivity contribution in [3.63, 3.8) is 0 Å². The van der Waals surface area contributed by atoms with Gasteiger partial charge in [-0.05, 0) is 40.0 Å². The van der Waals surface area contributed by atoms with Gasteiger partial charge in [0.05, 0.1) is 35.7 Å². The number of carbonyl (C=O) groups is 1. The normalized spacial score (nSPS) is 14.3. The van der Waals surface area contributed by atoms with E-state index in [1.807, 2.05) is 27.7 Å². The maximum atomic E-state index is 13.5. The minimum absolute atomic E-state index is 0.328. The van der Waals surface area contributed by atoms with Crippen molar-refractivity contribution in [1.29, 1.82) is 0 Å². The fourth-order valence-corrected chi connectivity index (χ4v) is 2.65. The number of halogens is 1. The van der Waals surface area contributed by atoms with Gasteiger partial charge >= 0.3 is 6.09 Å². The van der Waals surface area contributed by atoms with E-state index < -0.39 is 17.5 Å². The Labute approximate surface area is 153 Å². The van der Waals surface area contributed by atoms with Crippen LogP contribution in [0.3, 0.4) is 0 Å². The minimum atomic E-state index is -0.535. The first-order valence-corrected chi connectivity index (χ1v) is 9.05. The summed E-state index contributed by atoms with van der Waals surface area (Å²) in [4.78, 5) is 18.2. The Morgan fingerprint density at radius 3 is 2.69 bits per heavy atom. The third-order valence-electron chi connectivity index (χ3n) is 4.68. The lowest BCUT2D eigenvalue weighted by Crippen LogP contribution is -2.38. The zero-order chi connectivity index (χ0) is 18.9. The van der Waals surface area contributed by atoms with Crippen LogP contribution in [-0.4, -0.2) is 33.0 Å². The lowest BCUT2D eigenvalue weighted by molar-refractivity contribution is 0.0413. The first-order valence-electron chi connectivity index (χ1n) is 9.05. The van der Waals surface area contributed by atoms with Crippen molar-refractivity contribution >= 4 is 11.8 Å². The second-order valence-electron chi connectivity index (χ2n) is 7.21. The Kier molecular flexibility index (Phi) is 4.98. The van der Waals surface area contributed by atoms with Crippen molar-refractivity contribution in [2.75, 3.05) is 11.4 Å². The molecule has 1 aliphatic carbocycles. The van der Waals surface area contributed by atoms with Crippen LogP contribution in [-0.2, 0) is 4.74 Å². The van der Waals surface area contributed by atoms with Crippen LogP contribution in [0.5, 0.6) is 0 Å². The highest BCUT2D eigenvalue weighted by Crippen LogP contribution is 2.44. The molecule has 3 rings (SSSR count). The molecular formula is C19H25FN4O2. The van der Waals surface area contributed by atoms with Crippen LogP contribution in [0.1, 0.15) is 58.6 Å². The highest BCUT2D eigenvalue weighted by Gasteiger charge is 2.34. The van der Waals surface area contributed by atoms with E-state index >= 15 is 0 Å². The number of hydrogen-bond donors (Lipinski definition) is 0. The van der Waals surface area contributed by atoms with Crippen molar-refractivity contribution in [3.8, 4) is 5.69 Å². The molecular weight excluding hydrogens is 335 g/mol. The van der Waals surface area contributed by atoms with Gasteiger partial charge in [0.1, 0.15) is 11.4 Å². The number of carbonyl (C=O) groups excluding carboxylic acids is 1. The molecule has 0 bridgehead atoms. The molecule has 0 radical (unpaired) electrons. The van der Waals surface area contributed by atoms with Crippen LogP contribution in [0.4, 0.5) is 14.9 Å². The van der Waals surface area contributed by atoms with Gasteiger partial charge in [-0.2, -0.15) is 5.10 Å². The Bertz CT molecular complexity index is 799. The van der Waals surface area contributed by atoms with E-state index in [0.29, 0.717) is 18.2 Å². The van der Waals surface area contributed by atoms with Gasteiger partial charge in [0, 0.05) is 18.5 Å². The lowest BCUT2D eigenvalue weighted by Gasteiger charge is -2.28. The smallest absolute Gasteiger partial charge is 0.414 e. The van der Waals surface area contributed by atoms with E-state index in [0.717, 1.165) is 36.8 Å². The molecule has 0 aromatic carbocycles. The maximum absolute atomic E-state index is 13.5. The van der Waals surface area contributed by atoms with Gasteiger partial charge in [0.25, 0.3) is 0 Å². The van der Waals surface area contributed by atoms with Gasteiger partial charge in [-0.25, -0.2) is 13.9 Å². The van der Waals surface area contributed by atoms with E-state index in [2.05, 4.69) is 10.1 Å². The van der Waals surface area contributed by atoms with Crippen LogP contribution >= 0.6 is 0 Å². The molecule has 1 fully saturated rings. The van der Waals surface area contributed by atoms with E-state index in [1.54, 1.807) is 22.0 Å². The van der Waals surface area contributed by atoms with Gasteiger partial charge in [-0.3, -0.25) is 9.88 Å². The largest absolute Gasteiger partial charge is 0.443 e. The van der Waals surface area contributed by atoms with Gasteiger partial charge < -0.3 is 4.74 Å². The molecule has 0 atom stereocenters. The number of amides is 1. The van der Waals surface area contributed by atoms with Crippen LogP contribution in [0.25, 0.3) is 5.69 Å². The van der Waals surface area contributed by atoms with Crippen LogP contribution < -0.4 is 4.90 Å². The Balaban J connectivity index is 1.95. The summed E-state index contributed by atoms with van der Waals surface area (Å²) in [6, 6.07) is 1.37. The Morgan fingerprint density at radius 1 is 1.38 bits per heavy atom. The summed E-state index contributed by atoms with van der Waals surface area (Å²) >= 11 is 0. The molecule has 0 saturated heterocycles. The number of rotatable bonds is 6. The fourth-order valence-electron chi connectivity index (χ4n) is 2.65. The third kappa shape index (κ3) is 3.86. The van der Waals surface area contributed by atoms with Crippen molar-refractivity contribution in [3.05, 3.63) is 36.2 Å². The second-order valence-corrected chi connectivity index (χ2v) is 7.21. The number of aromatic nitrogens is 3. The first-order chi connectivity index (χ1) is 12.3. The van der Waals surface area contributed by atoms with E-state index in [-0.39, 0.29) is 0 Å². The zero-order valence-electron chi connectivity index (χ0n) is 15.7. The number of ether oxygens (including phenoxy) is 1. The standard InChI is InChI=1S/C19H25FN4O2/c1-5-19(3,4)26-18(25)23(6-2)16-12-24(22-17(16)13-7-8-13)15-9-14(20)10-21-11-15/h9-13H,5-8H2,1-4H3. The van der Waals surface area contributed by atoms with Gasteiger partial charge in [0.15, 0.2) is 0 Å². The molecule has 6 nitrogen and oxygen atoms in total. The van der Waals surface area contributed by atoms with Crippen molar-refractivity contribution in [1.82, 2.24) is 14.8 Å². The molecule has 2 aromatic rings. The topological polar surface area (TPSA) is 60.2 Å². The van der Waals surface area contributed by atoms with E-state index in [1.165, 1.54) is 6.07 Å². The molecule has 1 amide bonds. The lowest BCUT2D eigenvalue weighted by atomic mass is 10.1. The molecule has 26 heavy (non-hydrogen) atoms. The first kappa shape index (κ1) is 18.4. The molecule has 0 aliphatic heterocycles. The van der Waals surface area contributed by atoms with Gasteiger partial charge in [-0.1, -0.05) is 6.92 Å². The molecule has 0 unspecified atom stereocenters. The maximum Gasteiger partial charge on any atom is 0.414 e. The summed E-state index contributed by atoms with van der Waals surface area (Å²) in [5.74, 6) is -0.0993. The summed E-state index contributed by atoms with van der Waals surface area (Å²) in [6.07, 6.45) is 6.87. The zero-order valence-corrected chi connectivity index (χ0v) is 15.7. The monoisotopic (exact) mass is 360 g/mol. The van der Waals surface area contributed by atoms with Crippen LogP contribution in [0, 0.1) is 5.82 Å². The summed E-state index contributed by atoms with van der Waals surface area (Å²) in [7, 11) is 0. The van der Waals surface area contributed by atoms with Crippen molar-refractivity contribution in [2.45, 2.75) is 58.5 Å². The molecule has 140 valence electrons. The minimum Gasteiger partial charge on any atom is -0.443 e. The number of pyridine rings is 1. The van der Waals surface area contributed by atoms with E-state index in [9.17, 15) is 9.18 Å². The highest BCUT2D eigenvalue weighted by atomic mass is 19.1. The fraction of sp³-hybridized carbons (Fsp3) is 0.526. The van der Waals surface area contributed by atoms with Crippen molar-refractivity contribution < 1.29 is 13.9 Å². The molecule has 0 spiro atoms. The summed E-state index contributed by atoms with van der Waals surface area (Å²) in [5, 5.41) is 4.61. The second kappa shape index (κ2) is 7.05. The predicted octanol–water partition coefficient (Wildman–Crippen LogP) is 4.44. The van der Waals surface area contributed by atoms with Gasteiger partial charge in [0.2, 0.25) is 0 Å². The summed E-state index contributed by atoms with van der Waals surface area (Å²) in [6.45, 7) is 8.13. The molecule has 2 aromatic heterocycles. The SMILES string of the molecule is CCN(C(=O)OC(C)(C)CC)c1cn(-c2cncc(F)c2)nc1C1CC1. The van der Waals surface area contributed by atoms with Gasteiger partial charge in [-0.15, -0.1) is 0 Å². The highest BCUT2D eigenvalue weighted by molar-refractivity contribution is 5.88. The van der Waals surface area contributed by atoms with Crippen LogP contribution in [0.2, 0.25) is 0 Å². The van der Waals surface area contributed by atoms with Crippen molar-refractivity contribution in [2.24, 2.45) is 0 Å².